The van der Waals surface area contributed by atoms with Crippen molar-refractivity contribution in [2.24, 2.45) is 11.8 Å². The molecule has 3 heteroatoms. The lowest BCUT2D eigenvalue weighted by Gasteiger charge is -2.33. The van der Waals surface area contributed by atoms with Crippen molar-refractivity contribution in [1.29, 1.82) is 0 Å². The molecular weight excluding hydrogens is 180 g/mol. The number of rotatable bonds is 6. The minimum absolute atomic E-state index is 0.0580. The Morgan fingerprint density at radius 3 is 1.43 bits per heavy atom. The van der Waals surface area contributed by atoms with Gasteiger partial charge in [-0.1, -0.05) is 27.7 Å². The van der Waals surface area contributed by atoms with Gasteiger partial charge in [-0.2, -0.15) is 0 Å². The maximum atomic E-state index is 9.93. The van der Waals surface area contributed by atoms with Crippen LogP contribution >= 0.6 is 0 Å². The zero-order chi connectivity index (χ0) is 11.3. The first-order chi connectivity index (χ1) is 6.45. The number of aliphatic hydroxyl groups is 1. The third kappa shape index (κ3) is 3.56. The molecule has 86 valence electrons. The van der Waals surface area contributed by atoms with Crippen LogP contribution in [0.3, 0.4) is 0 Å². The van der Waals surface area contributed by atoms with Crippen LogP contribution in [-0.2, 0) is 9.47 Å². The Morgan fingerprint density at radius 2 is 1.21 bits per heavy atom. The van der Waals surface area contributed by atoms with E-state index in [1.54, 1.807) is 14.2 Å². The summed E-state index contributed by atoms with van der Waals surface area (Å²) in [5.74, 6) is 0.509. The largest absolute Gasteiger partial charge is 0.390 e. The average Bonchev–Trinajstić information content (AvgIpc) is 2.11. The second-order valence-corrected chi connectivity index (χ2v) is 4.38. The molecule has 0 rings (SSSR count). The molecule has 0 saturated carbocycles. The molecule has 0 aliphatic heterocycles. The predicted molar refractivity (Wildman–Crippen MR) is 57.3 cm³/mol. The molecule has 3 nitrogen and oxygen atoms in total. The van der Waals surface area contributed by atoms with Gasteiger partial charge in [0, 0.05) is 14.2 Å². The van der Waals surface area contributed by atoms with Crippen LogP contribution in [-0.4, -0.2) is 37.6 Å². The first kappa shape index (κ1) is 13.9. The Morgan fingerprint density at radius 1 is 0.786 bits per heavy atom. The Balaban J connectivity index is 4.50. The molecule has 3 unspecified atom stereocenters. The Kier molecular flexibility index (Phi) is 6.33. The molecule has 0 aromatic rings. The summed E-state index contributed by atoms with van der Waals surface area (Å²) in [6, 6.07) is 0. The molecular formula is C11H24O3. The quantitative estimate of drug-likeness (QED) is 0.715. The molecule has 0 fully saturated rings. The van der Waals surface area contributed by atoms with E-state index in [4.69, 9.17) is 9.47 Å². The number of ether oxygens (including phenoxy) is 2. The van der Waals surface area contributed by atoms with E-state index in [0.717, 1.165) is 0 Å². The molecule has 0 radical (unpaired) electrons. The fourth-order valence-electron chi connectivity index (χ4n) is 1.63. The predicted octanol–water partition coefficient (Wildman–Crippen LogP) is 1.69. The van der Waals surface area contributed by atoms with Crippen LogP contribution in [0.4, 0.5) is 0 Å². The van der Waals surface area contributed by atoms with Gasteiger partial charge in [-0.3, -0.25) is 0 Å². The number of methoxy groups -OCH3 is 2. The summed E-state index contributed by atoms with van der Waals surface area (Å²) < 4.78 is 10.7. The van der Waals surface area contributed by atoms with Gasteiger partial charge in [0.15, 0.2) is 0 Å². The van der Waals surface area contributed by atoms with E-state index in [2.05, 4.69) is 13.8 Å². The molecule has 0 bridgehead atoms. The van der Waals surface area contributed by atoms with Crippen molar-refractivity contribution in [3.8, 4) is 0 Å². The van der Waals surface area contributed by atoms with E-state index >= 15 is 0 Å². The summed E-state index contributed by atoms with van der Waals surface area (Å²) in [6.45, 7) is 8.08. The molecule has 0 saturated heterocycles. The van der Waals surface area contributed by atoms with Gasteiger partial charge in [-0.25, -0.2) is 0 Å². The van der Waals surface area contributed by atoms with Crippen LogP contribution in [0.1, 0.15) is 27.7 Å². The highest BCUT2D eigenvalue weighted by Crippen LogP contribution is 2.19. The molecule has 3 atom stereocenters. The summed E-state index contributed by atoms with van der Waals surface area (Å²) in [4.78, 5) is 0. The highest BCUT2D eigenvalue weighted by molar-refractivity contribution is 4.81. The highest BCUT2D eigenvalue weighted by atomic mass is 16.5. The summed E-state index contributed by atoms with van der Waals surface area (Å²) in [7, 11) is 3.27. The van der Waals surface area contributed by atoms with Crippen LogP contribution < -0.4 is 0 Å². The molecule has 1 N–H and O–H groups in total. The van der Waals surface area contributed by atoms with Gasteiger partial charge in [-0.15, -0.1) is 0 Å². The Hall–Kier alpha value is -0.120. The van der Waals surface area contributed by atoms with E-state index in [0.29, 0.717) is 5.92 Å². The molecule has 0 spiro atoms. The molecule has 14 heavy (non-hydrogen) atoms. The van der Waals surface area contributed by atoms with Gasteiger partial charge < -0.3 is 14.6 Å². The van der Waals surface area contributed by atoms with Gasteiger partial charge in [0.25, 0.3) is 0 Å². The van der Waals surface area contributed by atoms with Gasteiger partial charge in [0.05, 0.1) is 12.2 Å². The SMILES string of the molecule is COC(C(C)C)C(OC)C(O)C(C)C. The molecule has 0 aromatic heterocycles. The van der Waals surface area contributed by atoms with Crippen LogP contribution in [0.5, 0.6) is 0 Å². The van der Waals surface area contributed by atoms with Crippen LogP contribution in [0, 0.1) is 11.8 Å². The van der Waals surface area contributed by atoms with Gasteiger partial charge in [-0.05, 0) is 11.8 Å². The second-order valence-electron chi connectivity index (χ2n) is 4.38. The summed E-state index contributed by atoms with van der Waals surface area (Å²) in [5, 5.41) is 9.93. The van der Waals surface area contributed by atoms with Gasteiger partial charge >= 0.3 is 0 Å². The topological polar surface area (TPSA) is 38.7 Å². The minimum Gasteiger partial charge on any atom is -0.390 e. The van der Waals surface area contributed by atoms with Crippen molar-refractivity contribution in [3.05, 3.63) is 0 Å². The van der Waals surface area contributed by atoms with Crippen molar-refractivity contribution < 1.29 is 14.6 Å². The molecule has 0 heterocycles. The van der Waals surface area contributed by atoms with Crippen molar-refractivity contribution in [1.82, 2.24) is 0 Å². The van der Waals surface area contributed by atoms with Crippen LogP contribution in [0.2, 0.25) is 0 Å². The summed E-state index contributed by atoms with van der Waals surface area (Å²) >= 11 is 0. The monoisotopic (exact) mass is 204 g/mol. The highest BCUT2D eigenvalue weighted by Gasteiger charge is 2.32. The zero-order valence-corrected chi connectivity index (χ0v) is 10.2. The van der Waals surface area contributed by atoms with E-state index in [1.807, 2.05) is 13.8 Å². The first-order valence-corrected chi connectivity index (χ1v) is 5.19. The van der Waals surface area contributed by atoms with E-state index in [-0.39, 0.29) is 18.1 Å². The third-order valence-corrected chi connectivity index (χ3v) is 2.54. The van der Waals surface area contributed by atoms with E-state index in [1.165, 1.54) is 0 Å². The smallest absolute Gasteiger partial charge is 0.110 e. The molecule has 0 aromatic carbocycles. The van der Waals surface area contributed by atoms with Crippen molar-refractivity contribution in [2.75, 3.05) is 14.2 Å². The fourth-order valence-corrected chi connectivity index (χ4v) is 1.63. The van der Waals surface area contributed by atoms with Crippen molar-refractivity contribution >= 4 is 0 Å². The van der Waals surface area contributed by atoms with Crippen LogP contribution in [0.15, 0.2) is 0 Å². The Labute approximate surface area is 87.4 Å². The van der Waals surface area contributed by atoms with Gasteiger partial charge in [0.2, 0.25) is 0 Å². The lowest BCUT2D eigenvalue weighted by molar-refractivity contribution is -0.121. The first-order valence-electron chi connectivity index (χ1n) is 5.19. The van der Waals surface area contributed by atoms with Crippen molar-refractivity contribution in [2.45, 2.75) is 46.0 Å². The number of hydrogen-bond donors (Lipinski definition) is 1. The minimum atomic E-state index is -0.479. The van der Waals surface area contributed by atoms with Crippen molar-refractivity contribution in [3.63, 3.8) is 0 Å². The summed E-state index contributed by atoms with van der Waals surface area (Å²) in [5.41, 5.74) is 0. The van der Waals surface area contributed by atoms with Crippen LogP contribution in [0.25, 0.3) is 0 Å². The Bertz CT molecular complexity index is 145. The normalized spacial score (nSPS) is 18.6. The standard InChI is InChI=1S/C11H24O3/c1-7(2)9(12)11(14-6)10(13-5)8(3)4/h7-12H,1-6H3. The zero-order valence-electron chi connectivity index (χ0n) is 10.2. The molecule has 0 amide bonds. The lowest BCUT2D eigenvalue weighted by Crippen LogP contribution is -2.45. The lowest BCUT2D eigenvalue weighted by atomic mass is 9.92. The van der Waals surface area contributed by atoms with E-state index in [9.17, 15) is 5.11 Å². The molecule has 0 aliphatic rings. The van der Waals surface area contributed by atoms with E-state index < -0.39 is 6.10 Å². The summed E-state index contributed by atoms with van der Waals surface area (Å²) in [6.07, 6.45) is -0.787. The average molecular weight is 204 g/mol. The maximum absolute atomic E-state index is 9.93. The molecule has 0 aliphatic carbocycles. The number of hydrogen-bond acceptors (Lipinski definition) is 3. The fraction of sp³-hybridized carbons (Fsp3) is 1.00. The number of aliphatic hydroxyl groups excluding tert-OH is 1. The second kappa shape index (κ2) is 6.38. The maximum Gasteiger partial charge on any atom is 0.110 e. The van der Waals surface area contributed by atoms with Gasteiger partial charge in [0.1, 0.15) is 6.10 Å². The third-order valence-electron chi connectivity index (χ3n) is 2.54.